The second kappa shape index (κ2) is 8.31. The Morgan fingerprint density at radius 3 is 2.55 bits per heavy atom. The number of ketones is 1. The third-order valence-corrected chi connectivity index (χ3v) is 5.96. The summed E-state index contributed by atoms with van der Waals surface area (Å²) >= 11 is 0. The van der Waals surface area contributed by atoms with E-state index in [9.17, 15) is 4.79 Å². The van der Waals surface area contributed by atoms with E-state index >= 15 is 0 Å². The Bertz CT molecular complexity index is 983. The van der Waals surface area contributed by atoms with Crippen LogP contribution in [0.2, 0.25) is 0 Å². The lowest BCUT2D eigenvalue weighted by molar-refractivity contribution is -1.01. The zero-order valence-corrected chi connectivity index (χ0v) is 17.5. The highest BCUT2D eigenvalue weighted by molar-refractivity contribution is 5.98. The predicted octanol–water partition coefficient (Wildman–Crippen LogP) is -0.313. The number of rotatable bonds is 6. The van der Waals surface area contributed by atoms with Crippen molar-refractivity contribution < 1.29 is 14.6 Å². The molecule has 1 saturated heterocycles. The maximum absolute atomic E-state index is 13.0. The highest BCUT2D eigenvalue weighted by Gasteiger charge is 2.27. The van der Waals surface area contributed by atoms with Crippen molar-refractivity contribution >= 4 is 5.78 Å². The molecule has 0 radical (unpaired) electrons. The molecule has 1 aliphatic heterocycles. The van der Waals surface area contributed by atoms with Crippen LogP contribution in [0.25, 0.3) is 5.95 Å². The molecule has 4 rings (SSSR count). The topological polar surface area (TPSA) is 72.5 Å². The van der Waals surface area contributed by atoms with Gasteiger partial charge in [0.05, 0.1) is 0 Å². The molecule has 1 aromatic carbocycles. The number of Topliss-reactive ketones (excluding diaryl/α,β-unsaturated/α-hetero) is 1. The number of carbonyl (C=O) groups is 1. The zero-order valence-electron chi connectivity index (χ0n) is 17.5. The van der Waals surface area contributed by atoms with Gasteiger partial charge in [0.25, 0.3) is 0 Å². The third kappa shape index (κ3) is 4.31. The van der Waals surface area contributed by atoms with Crippen LogP contribution in [0, 0.1) is 20.8 Å². The number of aromatic nitrogens is 4. The molecule has 0 aliphatic carbocycles. The fourth-order valence-electron chi connectivity index (χ4n) is 4.42. The molecule has 0 saturated carbocycles. The van der Waals surface area contributed by atoms with Crippen LogP contribution in [-0.2, 0) is 6.54 Å². The Morgan fingerprint density at radius 2 is 1.86 bits per heavy atom. The standard InChI is InChI=1S/C22H28N6O/c1-16-5-4-6-19(11-16)13-26-7-9-27(10-8-26)14-21(29)20-12-17(2)28(18(20)3)22-23-15-24-25-22/h4-6,11-12,15H,7-10,13-14H2,1-3H3,(H,23,24,25)/p+2. The Kier molecular flexibility index (Phi) is 5.60. The highest BCUT2D eigenvalue weighted by Crippen LogP contribution is 2.18. The van der Waals surface area contributed by atoms with E-state index in [1.54, 1.807) is 4.90 Å². The summed E-state index contributed by atoms with van der Waals surface area (Å²) < 4.78 is 1.96. The average Bonchev–Trinajstić information content (AvgIpc) is 3.31. The van der Waals surface area contributed by atoms with Gasteiger partial charge in [-0.3, -0.25) is 9.36 Å². The number of benzene rings is 1. The number of nitrogens with zero attached hydrogens (tertiary/aromatic N) is 3. The molecule has 1 fully saturated rings. The average molecular weight is 395 g/mol. The molecule has 152 valence electrons. The largest absolute Gasteiger partial charge is 0.322 e. The quantitative estimate of drug-likeness (QED) is 0.502. The van der Waals surface area contributed by atoms with Crippen LogP contribution in [0.15, 0.2) is 36.7 Å². The number of nitrogens with one attached hydrogen (secondary N) is 3. The summed E-state index contributed by atoms with van der Waals surface area (Å²) in [7, 11) is 0. The Balaban J connectivity index is 1.35. The summed E-state index contributed by atoms with van der Waals surface area (Å²) in [5.74, 6) is 0.862. The summed E-state index contributed by atoms with van der Waals surface area (Å²) in [6, 6.07) is 10.7. The van der Waals surface area contributed by atoms with Crippen LogP contribution < -0.4 is 9.80 Å². The maximum atomic E-state index is 13.0. The summed E-state index contributed by atoms with van der Waals surface area (Å²) in [4.78, 5) is 20.2. The van der Waals surface area contributed by atoms with Gasteiger partial charge in [0.15, 0.2) is 0 Å². The first-order chi connectivity index (χ1) is 14.0. The van der Waals surface area contributed by atoms with Crippen molar-refractivity contribution in [2.45, 2.75) is 27.3 Å². The Hall–Kier alpha value is -2.77. The molecule has 7 nitrogen and oxygen atoms in total. The zero-order chi connectivity index (χ0) is 20.4. The van der Waals surface area contributed by atoms with Gasteiger partial charge in [-0.15, -0.1) is 0 Å². The Labute approximate surface area is 171 Å². The summed E-state index contributed by atoms with van der Waals surface area (Å²) in [6.07, 6.45) is 1.48. The molecule has 7 heteroatoms. The number of carbonyl (C=O) groups excluding carboxylic acids is 1. The SMILES string of the molecule is Cc1cccc(C[NH+]2CC[NH+](CC(=O)c3cc(C)n(-c4ncn[nH]4)c3C)CC2)c1. The lowest BCUT2D eigenvalue weighted by Gasteiger charge is -2.29. The van der Waals surface area contributed by atoms with Gasteiger partial charge in [-0.05, 0) is 26.8 Å². The van der Waals surface area contributed by atoms with Gasteiger partial charge in [-0.1, -0.05) is 29.8 Å². The molecular formula is C22H30N6O+2. The summed E-state index contributed by atoms with van der Waals surface area (Å²) in [6.45, 7) is 12.0. The number of aromatic amines is 1. The fraction of sp³-hybridized carbons (Fsp3) is 0.409. The smallest absolute Gasteiger partial charge is 0.229 e. The molecule has 3 N–H and O–H groups in total. The minimum atomic E-state index is 0.209. The van der Waals surface area contributed by atoms with Crippen molar-refractivity contribution in [1.29, 1.82) is 0 Å². The lowest BCUT2D eigenvalue weighted by atomic mass is 10.1. The molecule has 1 aliphatic rings. The second-order valence-electron chi connectivity index (χ2n) is 8.20. The van der Waals surface area contributed by atoms with Crippen LogP contribution in [0.1, 0.15) is 32.9 Å². The van der Waals surface area contributed by atoms with Gasteiger partial charge in [0.2, 0.25) is 11.7 Å². The summed E-state index contributed by atoms with van der Waals surface area (Å²) in [5, 5.41) is 6.80. The number of aryl methyl sites for hydroxylation is 2. The first-order valence-corrected chi connectivity index (χ1v) is 10.3. The lowest BCUT2D eigenvalue weighted by Crippen LogP contribution is -3.27. The third-order valence-electron chi connectivity index (χ3n) is 5.96. The van der Waals surface area contributed by atoms with E-state index in [0.717, 1.165) is 49.7 Å². The van der Waals surface area contributed by atoms with Crippen LogP contribution in [0.3, 0.4) is 0 Å². The molecular weight excluding hydrogens is 364 g/mol. The van der Waals surface area contributed by atoms with E-state index in [-0.39, 0.29) is 5.78 Å². The van der Waals surface area contributed by atoms with Crippen LogP contribution in [0.5, 0.6) is 0 Å². The van der Waals surface area contributed by atoms with Gasteiger partial charge in [0, 0.05) is 22.5 Å². The fourth-order valence-corrected chi connectivity index (χ4v) is 4.42. The predicted molar refractivity (Wildman–Crippen MR) is 111 cm³/mol. The van der Waals surface area contributed by atoms with Gasteiger partial charge < -0.3 is 9.80 Å². The van der Waals surface area contributed by atoms with E-state index in [0.29, 0.717) is 12.5 Å². The van der Waals surface area contributed by atoms with E-state index < -0.39 is 0 Å². The van der Waals surface area contributed by atoms with Gasteiger partial charge in [-0.2, -0.15) is 10.1 Å². The van der Waals surface area contributed by atoms with Crippen LogP contribution in [-0.4, -0.2) is 58.3 Å². The van der Waals surface area contributed by atoms with Crippen LogP contribution in [0.4, 0.5) is 0 Å². The maximum Gasteiger partial charge on any atom is 0.229 e. The molecule has 29 heavy (non-hydrogen) atoms. The van der Waals surface area contributed by atoms with E-state index in [1.807, 2.05) is 24.5 Å². The van der Waals surface area contributed by atoms with E-state index in [4.69, 9.17) is 0 Å². The van der Waals surface area contributed by atoms with Gasteiger partial charge >= 0.3 is 0 Å². The molecule has 0 bridgehead atoms. The number of H-pyrrole nitrogens is 1. The van der Waals surface area contributed by atoms with Crippen molar-refractivity contribution in [2.24, 2.45) is 0 Å². The minimum Gasteiger partial charge on any atom is -0.322 e. The van der Waals surface area contributed by atoms with Crippen molar-refractivity contribution in [3.05, 3.63) is 64.7 Å². The molecule has 0 spiro atoms. The normalized spacial score (nSPS) is 19.4. The highest BCUT2D eigenvalue weighted by atomic mass is 16.1. The first-order valence-electron chi connectivity index (χ1n) is 10.3. The van der Waals surface area contributed by atoms with Crippen molar-refractivity contribution in [1.82, 2.24) is 19.7 Å². The number of hydrogen-bond acceptors (Lipinski definition) is 3. The molecule has 2 aromatic heterocycles. The van der Waals surface area contributed by atoms with Crippen LogP contribution >= 0.6 is 0 Å². The number of quaternary nitrogens is 2. The number of piperazine rings is 1. The molecule has 0 amide bonds. The summed E-state index contributed by atoms with van der Waals surface area (Å²) in [5.41, 5.74) is 5.43. The molecule has 3 heterocycles. The van der Waals surface area contributed by atoms with E-state index in [2.05, 4.69) is 46.4 Å². The van der Waals surface area contributed by atoms with Crippen molar-refractivity contribution in [3.8, 4) is 5.95 Å². The van der Waals surface area contributed by atoms with Gasteiger partial charge in [-0.25, -0.2) is 5.10 Å². The molecule has 3 aromatic rings. The van der Waals surface area contributed by atoms with E-state index in [1.165, 1.54) is 22.4 Å². The first kappa shape index (κ1) is 19.5. The second-order valence-corrected chi connectivity index (χ2v) is 8.20. The molecule has 0 unspecified atom stereocenters. The minimum absolute atomic E-state index is 0.209. The van der Waals surface area contributed by atoms with Gasteiger partial charge in [0.1, 0.15) is 45.6 Å². The monoisotopic (exact) mass is 394 g/mol. The van der Waals surface area contributed by atoms with Crippen molar-refractivity contribution in [2.75, 3.05) is 32.7 Å². The molecule has 0 atom stereocenters. The Morgan fingerprint density at radius 1 is 1.10 bits per heavy atom. The van der Waals surface area contributed by atoms with Crippen molar-refractivity contribution in [3.63, 3.8) is 0 Å². The number of hydrogen-bond donors (Lipinski definition) is 3.